The molecule has 11 aromatic rings. The molecule has 0 radical (unpaired) electrons. The maximum absolute atomic E-state index is 7.92. The monoisotopic (exact) mass is 1740 g/mol. The quantitative estimate of drug-likeness (QED) is 0.141. The SMILES string of the molecule is CC(C)(C)c1ccc(Oc2c(Cl)c(Cl)c3c(c2Cl)-c2nc-3nc3[nH]c(nc4nc(nc5[nH]c(n2)c2c(Cl)c(Cl)c(Oc6ccc(C(C)(C)C)cc6C(C)(C)C)c(Cl)c52)-c2c(Cl)c(Oc5ccc(C(C)(C)C)cc5C(C)(C)C)c(Cl)c(Cl)c2-4)c2c(Cl)c(Cl)c(Oc4ccc(C(C)(C)C)cc4C(C)(C)C)c(Cl)c32)c(C(C)(C)C)c1. The van der Waals surface area contributed by atoms with E-state index < -0.39 is 21.7 Å². The van der Waals surface area contributed by atoms with Gasteiger partial charge in [0.05, 0.1) is 84.0 Å². The van der Waals surface area contributed by atoms with Gasteiger partial charge in [-0.1, -0.05) is 354 Å². The number of hydrogen-bond acceptors (Lipinski definition) is 10. The fraction of sp³-hybridized carbons (Fsp3) is 0.364. The molecule has 24 heteroatoms. The summed E-state index contributed by atoms with van der Waals surface area (Å²) in [5.74, 6) is 1.49. The summed E-state index contributed by atoms with van der Waals surface area (Å²) < 4.78 is 27.9. The molecule has 0 spiro atoms. The zero-order valence-electron chi connectivity index (χ0n) is 66.8. The molecule has 112 heavy (non-hydrogen) atoms. The van der Waals surface area contributed by atoms with Gasteiger partial charge < -0.3 is 28.9 Å². The Labute approximate surface area is 714 Å². The Bertz CT molecular complexity index is 6030. The van der Waals surface area contributed by atoms with Crippen molar-refractivity contribution in [3.8, 4) is 91.5 Å². The first-order valence-corrected chi connectivity index (χ1v) is 41.1. The van der Waals surface area contributed by atoms with Crippen LogP contribution in [-0.2, 0) is 43.3 Å². The van der Waals surface area contributed by atoms with Crippen molar-refractivity contribution in [1.82, 2.24) is 39.9 Å². The van der Waals surface area contributed by atoms with Gasteiger partial charge in [0.25, 0.3) is 0 Å². The molecule has 3 aromatic heterocycles. The smallest absolute Gasteiger partial charge is 0.166 e. The minimum absolute atomic E-state index is 0.00357. The number of hydrogen-bond donors (Lipinski definition) is 2. The number of aromatic nitrogens is 8. The van der Waals surface area contributed by atoms with Gasteiger partial charge in [0.2, 0.25) is 0 Å². The molecule has 8 aromatic carbocycles. The number of nitrogens with one attached hydrogen (secondary N) is 2. The van der Waals surface area contributed by atoms with Gasteiger partial charge in [-0.15, -0.1) is 0 Å². The van der Waals surface area contributed by atoms with E-state index in [0.29, 0.717) is 23.0 Å². The summed E-state index contributed by atoms with van der Waals surface area (Å²) in [5.41, 5.74) is 5.64. The molecule has 586 valence electrons. The zero-order chi connectivity index (χ0) is 82.4. The van der Waals surface area contributed by atoms with Crippen molar-refractivity contribution in [2.24, 2.45) is 0 Å². The van der Waals surface area contributed by atoms with Gasteiger partial charge >= 0.3 is 0 Å². The molecular formula is C88H86Cl12N8O4. The lowest BCUT2D eigenvalue weighted by Gasteiger charge is -2.27. The summed E-state index contributed by atoms with van der Waals surface area (Å²) in [5, 5.41) is -0.0921. The summed E-state index contributed by atoms with van der Waals surface area (Å²) in [6.45, 7) is 50.9. The Morgan fingerprint density at radius 3 is 0.634 bits per heavy atom. The minimum atomic E-state index is -0.453. The van der Waals surface area contributed by atoms with Gasteiger partial charge in [-0.25, -0.2) is 29.9 Å². The number of aromatic amines is 2. The first kappa shape index (κ1) is 83.7. The first-order valence-electron chi connectivity index (χ1n) is 36.5. The third-order valence-corrected chi connectivity index (χ3v) is 25.0. The lowest BCUT2D eigenvalue weighted by molar-refractivity contribution is 0.453. The molecule has 0 fully saturated rings. The number of H-pyrrole nitrogens is 2. The summed E-state index contributed by atoms with van der Waals surface area (Å²) in [6, 6.07) is 24.1. The highest BCUT2D eigenvalue weighted by Crippen LogP contribution is 2.60. The predicted octanol–water partition coefficient (Wildman–Crippen LogP) is 32.3. The lowest BCUT2D eigenvalue weighted by atomic mass is 9.80. The molecule has 5 heterocycles. The van der Waals surface area contributed by atoms with E-state index in [9.17, 15) is 0 Å². The van der Waals surface area contributed by atoms with Gasteiger partial charge in [0, 0.05) is 22.3 Å². The van der Waals surface area contributed by atoms with Crippen molar-refractivity contribution >= 4 is 183 Å². The fourth-order valence-electron chi connectivity index (χ4n) is 13.8. The van der Waals surface area contributed by atoms with Gasteiger partial charge in [0.1, 0.15) is 65.7 Å². The van der Waals surface area contributed by atoms with Crippen LogP contribution in [0.25, 0.3) is 89.7 Å². The largest absolute Gasteiger partial charge is 0.454 e. The second kappa shape index (κ2) is 28.9. The molecule has 2 aliphatic rings. The Morgan fingerprint density at radius 1 is 0.223 bits per heavy atom. The van der Waals surface area contributed by atoms with Crippen LogP contribution in [-0.4, -0.2) is 39.9 Å². The molecule has 0 amide bonds. The maximum atomic E-state index is 7.92. The third kappa shape index (κ3) is 15.1. The minimum Gasteiger partial charge on any atom is -0.454 e. The number of ether oxygens (including phenoxy) is 4. The van der Waals surface area contributed by atoms with Gasteiger partial charge in [-0.2, -0.15) is 0 Å². The third-order valence-electron chi connectivity index (χ3n) is 20.2. The van der Waals surface area contributed by atoms with E-state index in [4.69, 9.17) is 188 Å². The molecular weight excluding hydrogens is 1660 g/mol. The second-order valence-corrected chi connectivity index (χ2v) is 41.5. The summed E-state index contributed by atoms with van der Waals surface area (Å²) >= 11 is 92.9. The molecule has 12 nitrogen and oxygen atoms in total. The molecule has 13 rings (SSSR count). The first-order chi connectivity index (χ1) is 51.6. The van der Waals surface area contributed by atoms with Crippen LogP contribution in [0.3, 0.4) is 0 Å². The van der Waals surface area contributed by atoms with E-state index >= 15 is 0 Å². The number of benzene rings is 8. The van der Waals surface area contributed by atoms with Gasteiger partial charge in [-0.3, -0.25) is 0 Å². The van der Waals surface area contributed by atoms with E-state index in [1.807, 2.05) is 48.5 Å². The normalized spacial score (nSPS) is 13.2. The van der Waals surface area contributed by atoms with Crippen LogP contribution in [0, 0.1) is 0 Å². The van der Waals surface area contributed by atoms with Crippen LogP contribution in [0.4, 0.5) is 0 Å². The Kier molecular flexibility index (Phi) is 21.6. The van der Waals surface area contributed by atoms with Crippen LogP contribution < -0.4 is 18.9 Å². The Hall–Kier alpha value is -6.20. The summed E-state index contributed by atoms with van der Waals surface area (Å²) in [6.07, 6.45) is 0. The molecule has 0 saturated carbocycles. The van der Waals surface area contributed by atoms with Crippen molar-refractivity contribution in [2.75, 3.05) is 0 Å². The van der Waals surface area contributed by atoms with Crippen molar-refractivity contribution < 1.29 is 18.9 Å². The Balaban J connectivity index is 1.20. The van der Waals surface area contributed by atoms with Crippen molar-refractivity contribution in [3.05, 3.63) is 178 Å². The van der Waals surface area contributed by atoms with Crippen molar-refractivity contribution in [2.45, 2.75) is 209 Å². The van der Waals surface area contributed by atoms with Gasteiger partial charge in [-0.05, 0) is 89.8 Å². The zero-order valence-corrected chi connectivity index (χ0v) is 75.9. The van der Waals surface area contributed by atoms with Crippen LogP contribution >= 0.6 is 139 Å². The molecule has 0 saturated heterocycles. The molecule has 2 aliphatic heterocycles. The molecule has 0 unspecified atom stereocenters. The topological polar surface area (TPSA) is 146 Å². The van der Waals surface area contributed by atoms with E-state index in [2.05, 4.69) is 200 Å². The molecule has 8 bridgehead atoms. The number of rotatable bonds is 8. The Morgan fingerprint density at radius 2 is 0.420 bits per heavy atom. The standard InChI is InChI=1S/C88H86Cl12N8O4/c1-81(2,3)37-25-29-45(41(33-37)85(13,14)15)109-69-61(93)53-49(57(89)65(69)97)73-101-74-50-55(63(95)71(66(98)58(50)90)111-47-31-27-39(83(7,8)9)35-43(47)87(19,20)21)79(103-74)108-80-56-52(60(92)68(100)72(64(56)96)112-48-32-28-40(84(10,11)12)36-44(48)88(22,23)24)76(107-80)106-78-54-51(75(105-78)104-77(53)102-73)59(91)67(99)70(62(54)94)110-46-30-26-38(82(4,5)6)34-42(46)86(16,17)18/h25-36H,1-24H3,(H2,101,102,103,104,105,106,107,108). The highest BCUT2D eigenvalue weighted by atomic mass is 35.5. The van der Waals surface area contributed by atoms with Crippen molar-refractivity contribution in [3.63, 3.8) is 0 Å². The van der Waals surface area contributed by atoms with E-state index in [1.54, 1.807) is 0 Å². The highest BCUT2D eigenvalue weighted by molar-refractivity contribution is 6.53. The summed E-state index contributed by atoms with van der Waals surface area (Å²) in [7, 11) is 0. The van der Waals surface area contributed by atoms with Crippen LogP contribution in [0.15, 0.2) is 72.8 Å². The van der Waals surface area contributed by atoms with Crippen LogP contribution in [0.1, 0.15) is 211 Å². The number of nitrogens with zero attached hydrogens (tertiary/aromatic N) is 6. The van der Waals surface area contributed by atoms with Crippen molar-refractivity contribution in [1.29, 1.82) is 0 Å². The average molecular weight is 1750 g/mol. The maximum Gasteiger partial charge on any atom is 0.166 e. The lowest BCUT2D eigenvalue weighted by Crippen LogP contribution is -2.17. The van der Waals surface area contributed by atoms with Gasteiger partial charge in [0.15, 0.2) is 46.3 Å². The number of halogens is 12. The average Bonchev–Trinajstić information content (AvgIpc) is 1.56. The van der Waals surface area contributed by atoms with E-state index in [0.717, 1.165) is 44.5 Å². The number of fused-ring (bicyclic) bond motifs is 20. The summed E-state index contributed by atoms with van der Waals surface area (Å²) in [4.78, 5) is 38.8. The van der Waals surface area contributed by atoms with Crippen LogP contribution in [0.2, 0.25) is 60.3 Å². The highest BCUT2D eigenvalue weighted by Gasteiger charge is 2.39. The van der Waals surface area contributed by atoms with E-state index in [-0.39, 0.29) is 195 Å². The molecule has 0 aliphatic carbocycles. The second-order valence-electron chi connectivity index (χ2n) is 36.9. The molecule has 0 atom stereocenters. The molecule has 2 N–H and O–H groups in total. The van der Waals surface area contributed by atoms with Crippen LogP contribution in [0.5, 0.6) is 46.0 Å². The van der Waals surface area contributed by atoms with E-state index in [1.165, 1.54) is 0 Å². The fourth-order valence-corrected chi connectivity index (χ4v) is 17.2. The predicted molar refractivity (Wildman–Crippen MR) is 472 cm³/mol.